The average Bonchev–Trinajstić information content (AvgIpc) is 3.41. The molecule has 0 radical (unpaired) electrons. The second-order valence-corrected chi connectivity index (χ2v) is 22.4. The Morgan fingerprint density at radius 1 is 0.500 bits per heavy atom. The molecule has 0 spiro atoms. The maximum absolute atomic E-state index is 15.6. The molecule has 0 atom stereocenters. The Morgan fingerprint density at radius 2 is 0.931 bits per heavy atom. The molecule has 16 heteroatoms. The number of fused-ring (bicyclic) bond motifs is 2. The lowest BCUT2D eigenvalue weighted by atomic mass is 9.82. The zero-order valence-corrected chi connectivity index (χ0v) is 41.8. The third-order valence-electron chi connectivity index (χ3n) is 11.3. The quantitative estimate of drug-likeness (QED) is 0.0243. The van der Waals surface area contributed by atoms with Crippen molar-refractivity contribution in [1.82, 2.24) is 0 Å². The molecule has 1 aliphatic rings. The van der Waals surface area contributed by atoms with E-state index in [1.807, 2.05) is 127 Å². The van der Waals surface area contributed by atoms with Crippen molar-refractivity contribution in [1.29, 1.82) is 0 Å². The number of rotatable bonds is 24. The summed E-state index contributed by atoms with van der Waals surface area (Å²) < 4.78 is 73.7. The number of ketones is 2. The highest BCUT2D eigenvalue weighted by Gasteiger charge is 2.51. The highest BCUT2D eigenvalue weighted by molar-refractivity contribution is 8.00. The molecule has 0 unspecified atom stereocenters. The van der Waals surface area contributed by atoms with Crippen molar-refractivity contribution in [2.45, 2.75) is 45.4 Å². The predicted octanol–water partition coefficient (Wildman–Crippen LogP) is 12.4. The normalized spacial score (nSPS) is 12.2. The SMILES string of the molecule is CC(=O)Oc1cc(C(=O)OCc2ccccc2)cc2c1C(=O)c1c(OCCSCC(P(=O)(OCc3ccccc3)OCc3ccccc3)P(=O)(OCc3ccccc3)OCc3ccccc3)cccc1C2=O. The van der Waals surface area contributed by atoms with Crippen LogP contribution in [0.5, 0.6) is 11.5 Å². The summed E-state index contributed by atoms with van der Waals surface area (Å²) >= 11 is 1.22. The molecule has 0 N–H and O–H groups in total. The number of ether oxygens (including phenoxy) is 3. The zero-order chi connectivity index (χ0) is 50.3. The van der Waals surface area contributed by atoms with Crippen LogP contribution in [0.4, 0.5) is 0 Å². The Morgan fingerprint density at radius 3 is 1.38 bits per heavy atom. The highest BCUT2D eigenvalue weighted by Crippen LogP contribution is 2.72. The fraction of sp³-hybridized carbons (Fsp3) is 0.179. The lowest BCUT2D eigenvalue weighted by molar-refractivity contribution is -0.131. The van der Waals surface area contributed by atoms with Crippen molar-refractivity contribution >= 4 is 50.5 Å². The van der Waals surface area contributed by atoms with Gasteiger partial charge in [0, 0.05) is 29.6 Å². The third-order valence-corrected chi connectivity index (χ3v) is 18.3. The van der Waals surface area contributed by atoms with Crippen molar-refractivity contribution in [3.05, 3.63) is 238 Å². The first kappa shape index (κ1) is 51.6. The molecule has 7 aromatic rings. The summed E-state index contributed by atoms with van der Waals surface area (Å²) in [6.07, 6.45) is 0. The van der Waals surface area contributed by atoms with Crippen LogP contribution in [-0.2, 0) is 69.8 Å². The van der Waals surface area contributed by atoms with E-state index in [0.29, 0.717) is 22.3 Å². The third kappa shape index (κ3) is 13.2. The maximum Gasteiger partial charge on any atom is 0.347 e. The molecular formula is C56H50O13P2S. The first-order valence-corrected chi connectivity index (χ1v) is 27.3. The number of benzene rings is 7. The van der Waals surface area contributed by atoms with Gasteiger partial charge in [-0.2, -0.15) is 11.8 Å². The second-order valence-electron chi connectivity index (χ2n) is 16.4. The Kier molecular flexibility index (Phi) is 17.6. The van der Waals surface area contributed by atoms with E-state index in [0.717, 1.165) is 12.5 Å². The molecular weight excluding hydrogens is 975 g/mol. The van der Waals surface area contributed by atoms with E-state index in [1.54, 1.807) is 30.3 Å². The molecule has 0 aromatic heterocycles. The summed E-state index contributed by atoms with van der Waals surface area (Å²) in [7, 11) is -8.92. The van der Waals surface area contributed by atoms with Gasteiger partial charge in [0.25, 0.3) is 0 Å². The van der Waals surface area contributed by atoms with Crippen LogP contribution in [0.2, 0.25) is 0 Å². The number of carbonyl (C=O) groups excluding carboxylic acids is 4. The van der Waals surface area contributed by atoms with E-state index in [1.165, 1.54) is 36.0 Å². The fourth-order valence-electron chi connectivity index (χ4n) is 7.66. The minimum absolute atomic E-state index is 0.0143. The van der Waals surface area contributed by atoms with E-state index < -0.39 is 44.1 Å². The molecule has 8 rings (SSSR count). The number of hydrogen-bond acceptors (Lipinski definition) is 14. The van der Waals surface area contributed by atoms with Gasteiger partial charge >= 0.3 is 27.1 Å². The number of carbonyl (C=O) groups is 4. The molecule has 0 heterocycles. The van der Waals surface area contributed by atoms with Crippen LogP contribution in [0.1, 0.15) is 76.9 Å². The summed E-state index contributed by atoms with van der Waals surface area (Å²) in [5.41, 5.74) is 3.06. The minimum Gasteiger partial charge on any atom is -0.492 e. The number of hydrogen-bond donors (Lipinski definition) is 0. The number of esters is 2. The first-order valence-electron chi connectivity index (χ1n) is 22.9. The summed E-state index contributed by atoms with van der Waals surface area (Å²) in [5, 5.41) is -1.46. The van der Waals surface area contributed by atoms with Gasteiger partial charge in [-0.05, 0) is 46.0 Å². The van der Waals surface area contributed by atoms with Crippen LogP contribution in [-0.4, -0.2) is 47.0 Å². The van der Waals surface area contributed by atoms with Crippen LogP contribution >= 0.6 is 27.0 Å². The molecule has 0 fully saturated rings. The van der Waals surface area contributed by atoms with Crippen LogP contribution < -0.4 is 9.47 Å². The van der Waals surface area contributed by atoms with Gasteiger partial charge in [-0.1, -0.05) is 164 Å². The first-order chi connectivity index (χ1) is 35.0. The summed E-state index contributed by atoms with van der Waals surface area (Å²) in [5.74, 6) is -2.99. The summed E-state index contributed by atoms with van der Waals surface area (Å²) in [6, 6.07) is 52.6. The standard InChI is InChI=1S/C56H50O13P2S/c1-40(57)69-50-33-46(56(60)64-34-41-18-7-2-8-19-41)32-48-53(50)55(59)52-47(54(48)58)28-17-29-49(52)63-30-31-72-39-51(70(61,65-35-42-20-9-3-10-21-42)66-36-43-22-11-4-12-23-43)71(62,67-37-44-24-13-5-14-25-44)68-38-45-26-15-6-16-27-45/h2-29,32-33,51H,30-31,34-39H2,1H3. The Balaban J connectivity index is 1.05. The van der Waals surface area contributed by atoms with Gasteiger partial charge in [0.2, 0.25) is 5.78 Å². The molecule has 0 amide bonds. The lowest BCUT2D eigenvalue weighted by Crippen LogP contribution is -2.24. The van der Waals surface area contributed by atoms with Gasteiger partial charge in [0.1, 0.15) is 18.1 Å². The summed E-state index contributed by atoms with van der Waals surface area (Å²) in [6.45, 7) is 0.489. The van der Waals surface area contributed by atoms with Crippen LogP contribution in [0.3, 0.4) is 0 Å². The van der Waals surface area contributed by atoms with E-state index in [2.05, 4.69) is 0 Å². The van der Waals surface area contributed by atoms with Gasteiger partial charge in [-0.15, -0.1) is 0 Å². The molecule has 0 bridgehead atoms. The number of thioether (sulfide) groups is 1. The highest BCUT2D eigenvalue weighted by atomic mass is 32.2. The van der Waals surface area contributed by atoms with Gasteiger partial charge in [-0.3, -0.25) is 23.5 Å². The Hall–Kier alpha value is -6.73. The van der Waals surface area contributed by atoms with Crippen molar-refractivity contribution in [3.8, 4) is 11.5 Å². The zero-order valence-electron chi connectivity index (χ0n) is 39.2. The van der Waals surface area contributed by atoms with E-state index in [4.69, 9.17) is 32.3 Å². The van der Waals surface area contributed by atoms with Crippen molar-refractivity contribution < 1.29 is 60.6 Å². The van der Waals surface area contributed by atoms with E-state index in [9.17, 15) is 19.2 Å². The molecule has 0 saturated heterocycles. The Labute approximate surface area is 421 Å². The average molecular weight is 1030 g/mol. The van der Waals surface area contributed by atoms with E-state index in [-0.39, 0.29) is 90.5 Å². The topological polar surface area (TPSA) is 167 Å². The second kappa shape index (κ2) is 24.6. The maximum atomic E-state index is 15.6. The fourth-order valence-corrected chi connectivity index (χ4v) is 14.7. The predicted molar refractivity (Wildman–Crippen MR) is 273 cm³/mol. The van der Waals surface area contributed by atoms with Crippen LogP contribution in [0.15, 0.2) is 182 Å². The van der Waals surface area contributed by atoms with Gasteiger partial charge in [0.15, 0.2) is 11.2 Å². The van der Waals surface area contributed by atoms with E-state index >= 15 is 9.13 Å². The van der Waals surface area contributed by atoms with Gasteiger partial charge in [0.05, 0.1) is 49.7 Å². The molecule has 0 aliphatic heterocycles. The molecule has 13 nitrogen and oxygen atoms in total. The minimum atomic E-state index is -4.46. The van der Waals surface area contributed by atoms with Crippen LogP contribution in [0.25, 0.3) is 0 Å². The molecule has 7 aromatic carbocycles. The van der Waals surface area contributed by atoms with Crippen LogP contribution in [0, 0.1) is 0 Å². The smallest absolute Gasteiger partial charge is 0.347 e. The van der Waals surface area contributed by atoms with Gasteiger partial charge in [-0.25, -0.2) is 4.79 Å². The van der Waals surface area contributed by atoms with Crippen molar-refractivity contribution in [2.24, 2.45) is 0 Å². The summed E-state index contributed by atoms with van der Waals surface area (Å²) in [4.78, 5) is 54.3. The lowest BCUT2D eigenvalue weighted by Gasteiger charge is -2.32. The molecule has 72 heavy (non-hydrogen) atoms. The molecule has 0 saturated carbocycles. The molecule has 368 valence electrons. The largest absolute Gasteiger partial charge is 0.492 e. The van der Waals surface area contributed by atoms with Crippen molar-refractivity contribution in [3.63, 3.8) is 0 Å². The molecule has 1 aliphatic carbocycles. The Bertz CT molecular complexity index is 2890. The monoisotopic (exact) mass is 1020 g/mol. The van der Waals surface area contributed by atoms with Gasteiger partial charge < -0.3 is 32.3 Å². The van der Waals surface area contributed by atoms with Crippen molar-refractivity contribution in [2.75, 3.05) is 18.1 Å².